The molecule has 4 atom stereocenters. The third kappa shape index (κ3) is 3.39. The van der Waals surface area contributed by atoms with Crippen LogP contribution in [-0.4, -0.2) is 53.8 Å². The molecular weight excluding hydrogens is 366 g/mol. The van der Waals surface area contributed by atoms with Crippen LogP contribution >= 0.6 is 11.8 Å². The summed E-state index contributed by atoms with van der Waals surface area (Å²) in [5, 5.41) is 20.9. The fourth-order valence-corrected chi connectivity index (χ4v) is 4.11. The van der Waals surface area contributed by atoms with Gasteiger partial charge in [0.15, 0.2) is 17.7 Å². The molecule has 0 unspecified atom stereocenters. The number of nitrogens with two attached hydrogens (primary N) is 1. The number of ether oxygens (including phenoxy) is 1. The molecule has 27 heavy (non-hydrogen) atoms. The lowest BCUT2D eigenvalue weighted by Crippen LogP contribution is -2.32. The first-order valence-corrected chi connectivity index (χ1v) is 9.73. The maximum Gasteiger partial charge on any atom is 0.167 e. The van der Waals surface area contributed by atoms with Gasteiger partial charge in [0.05, 0.1) is 12.4 Å². The van der Waals surface area contributed by atoms with E-state index in [0.29, 0.717) is 16.9 Å². The van der Waals surface area contributed by atoms with Crippen LogP contribution in [0.4, 0.5) is 5.82 Å². The largest absolute Gasteiger partial charge is 0.387 e. The van der Waals surface area contributed by atoms with Crippen LogP contribution in [0.15, 0.2) is 41.8 Å². The molecule has 9 heteroatoms. The van der Waals surface area contributed by atoms with Crippen LogP contribution in [0.2, 0.25) is 0 Å². The van der Waals surface area contributed by atoms with Gasteiger partial charge in [0.2, 0.25) is 0 Å². The average molecular weight is 387 g/mol. The fraction of sp³-hybridized carbons (Fsp3) is 0.389. The molecule has 2 aromatic heterocycles. The van der Waals surface area contributed by atoms with Gasteiger partial charge in [-0.15, -0.1) is 11.8 Å². The molecule has 0 radical (unpaired) electrons. The number of aryl methyl sites for hydroxylation is 1. The molecule has 4 N–H and O–H groups in total. The van der Waals surface area contributed by atoms with Crippen molar-refractivity contribution in [2.45, 2.75) is 42.8 Å². The highest BCUT2D eigenvalue weighted by Gasteiger charge is 2.44. The van der Waals surface area contributed by atoms with Gasteiger partial charge < -0.3 is 20.7 Å². The highest BCUT2D eigenvalue weighted by Crippen LogP contribution is 2.34. The number of aliphatic hydroxyl groups is 2. The van der Waals surface area contributed by atoms with E-state index in [1.54, 1.807) is 16.3 Å². The number of nitrogen functional groups attached to an aromatic ring is 1. The molecule has 142 valence electrons. The van der Waals surface area contributed by atoms with Crippen molar-refractivity contribution in [3.63, 3.8) is 0 Å². The molecule has 1 fully saturated rings. The first-order chi connectivity index (χ1) is 13.1. The summed E-state index contributed by atoms with van der Waals surface area (Å²) in [4.78, 5) is 13.4. The summed E-state index contributed by atoms with van der Waals surface area (Å²) in [6.07, 6.45) is 0.428. The molecule has 1 aromatic carbocycles. The van der Waals surface area contributed by atoms with Crippen LogP contribution < -0.4 is 5.73 Å². The maximum atomic E-state index is 10.5. The van der Waals surface area contributed by atoms with Crippen LogP contribution in [-0.2, 0) is 11.2 Å². The molecule has 1 aliphatic heterocycles. The minimum Gasteiger partial charge on any atom is -0.387 e. The van der Waals surface area contributed by atoms with Crippen molar-refractivity contribution < 1.29 is 14.9 Å². The van der Waals surface area contributed by atoms with E-state index >= 15 is 0 Å². The number of benzene rings is 1. The summed E-state index contributed by atoms with van der Waals surface area (Å²) in [5.74, 6) is 0.777. The molecule has 3 heterocycles. The zero-order valence-electron chi connectivity index (χ0n) is 14.8. The van der Waals surface area contributed by atoms with Crippen LogP contribution in [0.25, 0.3) is 11.2 Å². The second-order valence-corrected chi connectivity index (χ2v) is 7.53. The Morgan fingerprint density at radius 2 is 1.93 bits per heavy atom. The van der Waals surface area contributed by atoms with E-state index in [1.807, 2.05) is 0 Å². The lowest BCUT2D eigenvalue weighted by molar-refractivity contribution is -0.0289. The van der Waals surface area contributed by atoms with Gasteiger partial charge in [0.25, 0.3) is 0 Å². The molecule has 1 aliphatic rings. The van der Waals surface area contributed by atoms with Crippen molar-refractivity contribution >= 4 is 28.7 Å². The Hall–Kier alpha value is -2.20. The topological polar surface area (TPSA) is 119 Å². The van der Waals surface area contributed by atoms with Crippen molar-refractivity contribution in [1.82, 2.24) is 19.5 Å². The monoisotopic (exact) mass is 387 g/mol. The number of imidazole rings is 1. The Bertz CT molecular complexity index is 932. The Balaban J connectivity index is 1.49. The van der Waals surface area contributed by atoms with E-state index in [2.05, 4.69) is 46.1 Å². The van der Waals surface area contributed by atoms with Gasteiger partial charge in [-0.1, -0.05) is 19.1 Å². The zero-order valence-corrected chi connectivity index (χ0v) is 15.6. The van der Waals surface area contributed by atoms with Crippen LogP contribution in [0, 0.1) is 0 Å². The van der Waals surface area contributed by atoms with Gasteiger partial charge in [-0.05, 0) is 24.1 Å². The minimum absolute atomic E-state index is 0.259. The SMILES string of the molecule is CCc1ccc(SC[C@H]2O[C@@H](n3cnc4c(N)ncnc43)[C@H](O)[C@@H]2O)cc1. The number of hydrogen-bond donors (Lipinski definition) is 3. The third-order valence-electron chi connectivity index (χ3n) is 4.74. The lowest BCUT2D eigenvalue weighted by atomic mass is 10.1. The lowest BCUT2D eigenvalue weighted by Gasteiger charge is -2.16. The summed E-state index contributed by atoms with van der Waals surface area (Å²) in [5.41, 5.74) is 7.99. The minimum atomic E-state index is -1.09. The molecule has 0 bridgehead atoms. The predicted octanol–water partition coefficient (Wildman–Crippen LogP) is 1.38. The summed E-state index contributed by atoms with van der Waals surface area (Å²) >= 11 is 1.58. The number of hydrogen-bond acceptors (Lipinski definition) is 8. The molecule has 1 saturated heterocycles. The highest BCUT2D eigenvalue weighted by molar-refractivity contribution is 7.99. The summed E-state index contributed by atoms with van der Waals surface area (Å²) in [7, 11) is 0. The Kier molecular flexibility index (Phi) is 5.00. The van der Waals surface area contributed by atoms with Crippen LogP contribution in [0.1, 0.15) is 18.7 Å². The van der Waals surface area contributed by atoms with Gasteiger partial charge in [-0.3, -0.25) is 4.57 Å². The predicted molar refractivity (Wildman–Crippen MR) is 102 cm³/mol. The Morgan fingerprint density at radius 3 is 2.67 bits per heavy atom. The molecular formula is C18H21N5O3S. The molecule has 0 amide bonds. The zero-order chi connectivity index (χ0) is 19.0. The number of fused-ring (bicyclic) bond motifs is 1. The quantitative estimate of drug-likeness (QED) is 0.562. The van der Waals surface area contributed by atoms with Crippen molar-refractivity contribution in [3.05, 3.63) is 42.5 Å². The first-order valence-electron chi connectivity index (χ1n) is 8.74. The van der Waals surface area contributed by atoms with E-state index in [4.69, 9.17) is 10.5 Å². The van der Waals surface area contributed by atoms with Crippen LogP contribution in [0.5, 0.6) is 0 Å². The second-order valence-electron chi connectivity index (χ2n) is 6.44. The van der Waals surface area contributed by atoms with E-state index in [-0.39, 0.29) is 5.82 Å². The normalized spacial score (nSPS) is 25.3. The van der Waals surface area contributed by atoms with Crippen molar-refractivity contribution in [3.8, 4) is 0 Å². The second kappa shape index (κ2) is 7.43. The van der Waals surface area contributed by atoms with Gasteiger partial charge in [-0.2, -0.15) is 0 Å². The standard InChI is InChI=1S/C18H21N5O3S/c1-2-10-3-5-11(6-4-10)27-7-12-14(24)15(25)18(26-12)23-9-22-13-16(19)20-8-21-17(13)23/h3-6,8-9,12,14-15,18,24-25H,2,7H2,1H3,(H2,19,20,21)/t12-,14-,15-,18-/m1/s1. The molecule has 4 rings (SSSR count). The first kappa shape index (κ1) is 18.2. The van der Waals surface area contributed by atoms with Crippen LogP contribution in [0.3, 0.4) is 0 Å². The molecule has 3 aromatic rings. The number of anilines is 1. The third-order valence-corrected chi connectivity index (χ3v) is 5.85. The molecule has 0 saturated carbocycles. The van der Waals surface area contributed by atoms with Crippen molar-refractivity contribution in [1.29, 1.82) is 0 Å². The Morgan fingerprint density at radius 1 is 1.15 bits per heavy atom. The van der Waals surface area contributed by atoms with Gasteiger partial charge in [0.1, 0.15) is 24.1 Å². The highest BCUT2D eigenvalue weighted by atomic mass is 32.2. The summed E-state index contributed by atoms with van der Waals surface area (Å²) < 4.78 is 7.53. The smallest absolute Gasteiger partial charge is 0.167 e. The van der Waals surface area contributed by atoms with E-state index in [9.17, 15) is 10.2 Å². The molecule has 8 nitrogen and oxygen atoms in total. The van der Waals surface area contributed by atoms with Gasteiger partial charge >= 0.3 is 0 Å². The number of aromatic nitrogens is 4. The number of aliphatic hydroxyl groups excluding tert-OH is 2. The number of nitrogens with zero attached hydrogens (tertiary/aromatic N) is 4. The average Bonchev–Trinajstić information content (AvgIpc) is 3.23. The molecule has 0 aliphatic carbocycles. The van der Waals surface area contributed by atoms with E-state index in [0.717, 1.165) is 11.3 Å². The van der Waals surface area contributed by atoms with Gasteiger partial charge in [0, 0.05) is 10.6 Å². The Labute approximate surface area is 160 Å². The van der Waals surface area contributed by atoms with Crippen molar-refractivity contribution in [2.24, 2.45) is 0 Å². The fourth-order valence-electron chi connectivity index (χ4n) is 3.15. The number of rotatable bonds is 5. The maximum absolute atomic E-state index is 10.5. The summed E-state index contributed by atoms with van der Waals surface area (Å²) in [6.45, 7) is 2.12. The molecule has 0 spiro atoms. The summed E-state index contributed by atoms with van der Waals surface area (Å²) in [6, 6.07) is 8.30. The van der Waals surface area contributed by atoms with Crippen molar-refractivity contribution in [2.75, 3.05) is 11.5 Å². The van der Waals surface area contributed by atoms with E-state index in [1.165, 1.54) is 18.2 Å². The van der Waals surface area contributed by atoms with Gasteiger partial charge in [-0.25, -0.2) is 15.0 Å². The number of thioether (sulfide) groups is 1. The van der Waals surface area contributed by atoms with E-state index < -0.39 is 24.5 Å².